The highest BCUT2D eigenvalue weighted by atomic mass is 79.9. The molecule has 5 rings (SSSR count). The molecule has 2 aromatic heterocycles. The van der Waals surface area contributed by atoms with Gasteiger partial charge >= 0.3 is 0 Å². The minimum atomic E-state index is -3.89. The molecule has 0 aliphatic carbocycles. The summed E-state index contributed by atoms with van der Waals surface area (Å²) in [7, 11) is -3.89. The number of imidazole rings is 1. The first-order chi connectivity index (χ1) is 17.2. The van der Waals surface area contributed by atoms with Crippen LogP contribution in [0.3, 0.4) is 0 Å². The van der Waals surface area contributed by atoms with Gasteiger partial charge in [-0.2, -0.15) is 4.31 Å². The van der Waals surface area contributed by atoms with Crippen LogP contribution < -0.4 is 4.90 Å². The molecule has 36 heavy (non-hydrogen) atoms. The molecule has 3 heterocycles. The van der Waals surface area contributed by atoms with Gasteiger partial charge in [0.2, 0.25) is 10.0 Å². The number of hydrogen-bond donors (Lipinski definition) is 1. The van der Waals surface area contributed by atoms with E-state index in [4.69, 9.17) is 11.6 Å². The van der Waals surface area contributed by atoms with Gasteiger partial charge in [0.05, 0.1) is 27.6 Å². The van der Waals surface area contributed by atoms with Crippen molar-refractivity contribution in [2.75, 3.05) is 31.1 Å². The number of pyridine rings is 1. The summed E-state index contributed by atoms with van der Waals surface area (Å²) in [6, 6.07) is 12.3. The molecule has 0 spiro atoms. The van der Waals surface area contributed by atoms with Gasteiger partial charge in [0.25, 0.3) is 0 Å². The molecule has 186 valence electrons. The summed E-state index contributed by atoms with van der Waals surface area (Å²) in [5.74, 6) is 0.183. The fourth-order valence-corrected chi connectivity index (χ4v) is 6.15. The van der Waals surface area contributed by atoms with E-state index in [0.717, 1.165) is 6.20 Å². The predicted molar refractivity (Wildman–Crippen MR) is 137 cm³/mol. The molecule has 0 amide bonds. The van der Waals surface area contributed by atoms with Crippen molar-refractivity contribution >= 4 is 43.4 Å². The molecule has 1 aliphatic heterocycles. The van der Waals surface area contributed by atoms with E-state index in [1.165, 1.54) is 28.6 Å². The van der Waals surface area contributed by atoms with Gasteiger partial charge < -0.3 is 9.88 Å². The topological polar surface area (TPSA) is 82.2 Å². The summed E-state index contributed by atoms with van der Waals surface area (Å²) in [5, 5.41) is 0.100. The maximum atomic E-state index is 13.9. The number of sulfonamides is 1. The fraction of sp³-hybridized carbons (Fsp3) is 0.167. The van der Waals surface area contributed by atoms with Gasteiger partial charge in [-0.3, -0.25) is 0 Å². The second-order valence-corrected chi connectivity index (χ2v) is 11.3. The van der Waals surface area contributed by atoms with E-state index in [1.807, 2.05) is 4.90 Å². The number of hydrogen-bond acceptors (Lipinski definition) is 5. The van der Waals surface area contributed by atoms with Crippen LogP contribution in [-0.2, 0) is 10.0 Å². The monoisotopic (exact) mass is 593 g/mol. The van der Waals surface area contributed by atoms with E-state index < -0.39 is 21.7 Å². The van der Waals surface area contributed by atoms with Crippen molar-refractivity contribution in [2.24, 2.45) is 0 Å². The van der Waals surface area contributed by atoms with E-state index in [1.54, 1.807) is 30.5 Å². The fourth-order valence-electron chi connectivity index (χ4n) is 3.98. The Morgan fingerprint density at radius 3 is 2.36 bits per heavy atom. The van der Waals surface area contributed by atoms with Gasteiger partial charge in [0.1, 0.15) is 28.2 Å². The zero-order valence-corrected chi connectivity index (χ0v) is 21.8. The van der Waals surface area contributed by atoms with Crippen LogP contribution in [0.15, 0.2) is 70.3 Å². The van der Waals surface area contributed by atoms with Gasteiger partial charge in [0.15, 0.2) is 0 Å². The Morgan fingerprint density at radius 2 is 1.67 bits per heavy atom. The third kappa shape index (κ3) is 4.88. The molecule has 2 aromatic carbocycles. The number of aromatic amines is 1. The molecule has 1 N–H and O–H groups in total. The number of piperazine rings is 1. The van der Waals surface area contributed by atoms with Crippen molar-refractivity contribution in [3.63, 3.8) is 0 Å². The number of H-pyrrole nitrogens is 1. The molecule has 0 radical (unpaired) electrons. The molecule has 1 fully saturated rings. The van der Waals surface area contributed by atoms with E-state index in [0.29, 0.717) is 46.0 Å². The van der Waals surface area contributed by atoms with Crippen LogP contribution in [0.1, 0.15) is 0 Å². The Hall–Kier alpha value is -2.86. The molecule has 7 nitrogen and oxygen atoms in total. The number of halogens is 4. The number of rotatable bonds is 5. The zero-order valence-electron chi connectivity index (χ0n) is 18.6. The highest BCUT2D eigenvalue weighted by Gasteiger charge is 2.31. The van der Waals surface area contributed by atoms with Crippen LogP contribution in [0.25, 0.3) is 22.6 Å². The van der Waals surface area contributed by atoms with Crippen molar-refractivity contribution in [2.45, 2.75) is 4.90 Å². The van der Waals surface area contributed by atoms with Gasteiger partial charge in [-0.05, 0) is 58.4 Å². The SMILES string of the molecule is O=S(=O)(c1cc(-c2ncc(-c3ccc(Br)c(F)c3)[nH]2)ccc1Cl)N1CCN(c2ccc(F)cn2)CC1. The average molecular weight is 595 g/mol. The Balaban J connectivity index is 1.37. The average Bonchev–Trinajstić information content (AvgIpc) is 3.37. The van der Waals surface area contributed by atoms with Crippen molar-refractivity contribution in [3.8, 4) is 22.6 Å². The molecule has 0 atom stereocenters. The lowest BCUT2D eigenvalue weighted by atomic mass is 10.2. The van der Waals surface area contributed by atoms with E-state index >= 15 is 0 Å². The molecule has 0 saturated carbocycles. The standard InChI is InChI=1S/C24H19BrClF2N5O2S/c25-18-4-1-15(11-20(18)28)21-14-30-24(31-21)16-2-5-19(26)22(12-16)36(34,35)33-9-7-32(8-10-33)23-6-3-17(27)13-29-23/h1-6,11-14H,7-10H2,(H,30,31). The quantitative estimate of drug-likeness (QED) is 0.337. The minimum Gasteiger partial charge on any atom is -0.354 e. The number of aromatic nitrogens is 3. The van der Waals surface area contributed by atoms with Crippen molar-refractivity contribution in [3.05, 3.63) is 82.1 Å². The zero-order chi connectivity index (χ0) is 25.4. The predicted octanol–water partition coefficient (Wildman–Crippen LogP) is 5.34. The Morgan fingerprint density at radius 1 is 0.917 bits per heavy atom. The van der Waals surface area contributed by atoms with Crippen LogP contribution in [0.5, 0.6) is 0 Å². The molecular formula is C24H19BrClF2N5O2S. The number of nitrogens with one attached hydrogen (secondary N) is 1. The highest BCUT2D eigenvalue weighted by Crippen LogP contribution is 2.31. The summed E-state index contributed by atoms with van der Waals surface area (Å²) in [6.45, 7) is 1.25. The van der Waals surface area contributed by atoms with Crippen LogP contribution in [-0.4, -0.2) is 53.9 Å². The lowest BCUT2D eigenvalue weighted by Crippen LogP contribution is -2.49. The summed E-state index contributed by atoms with van der Waals surface area (Å²) in [5.41, 5.74) is 1.71. The van der Waals surface area contributed by atoms with Crippen LogP contribution in [0.2, 0.25) is 5.02 Å². The minimum absolute atomic E-state index is 0.0253. The van der Waals surface area contributed by atoms with Gasteiger partial charge in [-0.1, -0.05) is 17.7 Å². The Labute approximate surface area is 219 Å². The van der Waals surface area contributed by atoms with E-state index in [-0.39, 0.29) is 23.0 Å². The molecule has 12 heteroatoms. The molecule has 0 unspecified atom stereocenters. The first kappa shape index (κ1) is 24.8. The first-order valence-electron chi connectivity index (χ1n) is 10.9. The lowest BCUT2D eigenvalue weighted by Gasteiger charge is -2.34. The van der Waals surface area contributed by atoms with Crippen LogP contribution in [0, 0.1) is 11.6 Å². The third-order valence-electron chi connectivity index (χ3n) is 5.90. The summed E-state index contributed by atoms with van der Waals surface area (Å²) in [6.07, 6.45) is 2.69. The normalized spacial score (nSPS) is 14.8. The number of nitrogens with zero attached hydrogens (tertiary/aromatic N) is 4. The maximum Gasteiger partial charge on any atom is 0.244 e. The second kappa shape index (κ2) is 9.89. The molecule has 0 bridgehead atoms. The van der Waals surface area contributed by atoms with Crippen molar-refractivity contribution in [1.29, 1.82) is 0 Å². The Kier molecular flexibility index (Phi) is 6.82. The molecular weight excluding hydrogens is 576 g/mol. The van der Waals surface area contributed by atoms with E-state index in [2.05, 4.69) is 30.9 Å². The van der Waals surface area contributed by atoms with Crippen molar-refractivity contribution in [1.82, 2.24) is 19.3 Å². The van der Waals surface area contributed by atoms with E-state index in [9.17, 15) is 17.2 Å². The molecule has 1 saturated heterocycles. The first-order valence-corrected chi connectivity index (χ1v) is 13.5. The Bertz CT molecular complexity index is 1520. The third-order valence-corrected chi connectivity index (χ3v) is 8.93. The van der Waals surface area contributed by atoms with Crippen LogP contribution >= 0.6 is 27.5 Å². The number of benzene rings is 2. The lowest BCUT2D eigenvalue weighted by molar-refractivity contribution is 0.384. The van der Waals surface area contributed by atoms with Crippen molar-refractivity contribution < 1.29 is 17.2 Å². The van der Waals surface area contributed by atoms with Crippen LogP contribution in [0.4, 0.5) is 14.6 Å². The largest absolute Gasteiger partial charge is 0.354 e. The second-order valence-electron chi connectivity index (χ2n) is 8.15. The molecule has 4 aromatic rings. The number of anilines is 1. The molecule has 1 aliphatic rings. The maximum absolute atomic E-state index is 13.9. The smallest absolute Gasteiger partial charge is 0.244 e. The highest BCUT2D eigenvalue weighted by molar-refractivity contribution is 9.10. The van der Waals surface area contributed by atoms with Gasteiger partial charge in [0, 0.05) is 37.3 Å². The summed E-state index contributed by atoms with van der Waals surface area (Å²) >= 11 is 9.46. The summed E-state index contributed by atoms with van der Waals surface area (Å²) < 4.78 is 55.8. The van der Waals surface area contributed by atoms with Gasteiger partial charge in [-0.25, -0.2) is 27.2 Å². The van der Waals surface area contributed by atoms with Gasteiger partial charge in [-0.15, -0.1) is 0 Å². The summed E-state index contributed by atoms with van der Waals surface area (Å²) in [4.78, 5) is 13.4.